The molecule has 0 spiro atoms. The molecule has 0 heterocycles. The minimum absolute atomic E-state index is 0.0920. The fourth-order valence-electron chi connectivity index (χ4n) is 1.66. The molecule has 0 radical (unpaired) electrons. The molecule has 20 heavy (non-hydrogen) atoms. The summed E-state index contributed by atoms with van der Waals surface area (Å²) in [6.45, 7) is -1.77. The number of nitrogens with one attached hydrogen (secondary N) is 1. The predicted molar refractivity (Wildman–Crippen MR) is 72.3 cm³/mol. The predicted octanol–water partition coefficient (Wildman–Crippen LogP) is 2.43. The number of methoxy groups -OCH3 is 1. The molecule has 0 saturated heterocycles. The molecule has 1 atom stereocenters. The molecule has 1 rings (SSSR count). The van der Waals surface area contributed by atoms with Gasteiger partial charge < -0.3 is 19.9 Å². The van der Waals surface area contributed by atoms with Crippen LogP contribution in [0.15, 0.2) is 18.2 Å². The maximum atomic E-state index is 12.3. The summed E-state index contributed by atoms with van der Waals surface area (Å²) >= 11 is 5.83. The molecule has 0 aromatic heterocycles. The van der Waals surface area contributed by atoms with Crippen LogP contribution in [0.1, 0.15) is 12.0 Å². The number of ether oxygens (including phenoxy) is 2. The van der Waals surface area contributed by atoms with E-state index in [1.54, 1.807) is 6.07 Å². The van der Waals surface area contributed by atoms with E-state index in [1.165, 1.54) is 19.2 Å². The molecule has 4 nitrogen and oxygen atoms in total. The average Bonchev–Trinajstić information content (AvgIpc) is 2.37. The Morgan fingerprint density at radius 1 is 1.40 bits per heavy atom. The number of hydrogen-bond donors (Lipinski definition) is 2. The lowest BCUT2D eigenvalue weighted by Gasteiger charge is -2.13. The van der Waals surface area contributed by atoms with E-state index in [4.69, 9.17) is 16.3 Å². The molecule has 7 heteroatoms. The molecular formula is C13H18ClF2NO3. The molecule has 0 bridgehead atoms. The Balaban J connectivity index is 2.47. The molecule has 0 fully saturated rings. The number of aliphatic hydroxyl groups excluding tert-OH is 1. The Kier molecular flexibility index (Phi) is 7.76. The molecule has 1 aromatic carbocycles. The summed E-state index contributed by atoms with van der Waals surface area (Å²) in [7, 11) is 1.51. The summed E-state index contributed by atoms with van der Waals surface area (Å²) < 4.78 is 33.7. The third-order valence-electron chi connectivity index (χ3n) is 2.57. The molecule has 0 amide bonds. The standard InChI is InChI=1S/C13H18ClF2NO3/c1-19-8-11(18)4-5-17-7-9-6-10(14)2-3-12(9)20-13(15)16/h2-3,6,11,13,17-18H,4-5,7-8H2,1H3. The molecule has 1 aromatic rings. The minimum atomic E-state index is -2.88. The van der Waals surface area contributed by atoms with E-state index >= 15 is 0 Å². The van der Waals surface area contributed by atoms with Crippen LogP contribution in [0, 0.1) is 0 Å². The number of rotatable bonds is 9. The molecule has 1 unspecified atom stereocenters. The molecule has 2 N–H and O–H groups in total. The molecule has 0 aliphatic carbocycles. The van der Waals surface area contributed by atoms with Crippen LogP contribution in [0.2, 0.25) is 5.02 Å². The largest absolute Gasteiger partial charge is 0.434 e. The third-order valence-corrected chi connectivity index (χ3v) is 2.80. The quantitative estimate of drug-likeness (QED) is 0.688. The maximum Gasteiger partial charge on any atom is 0.387 e. The Morgan fingerprint density at radius 3 is 2.80 bits per heavy atom. The fraction of sp³-hybridized carbons (Fsp3) is 0.538. The van der Waals surface area contributed by atoms with Crippen molar-refractivity contribution in [2.24, 2.45) is 0 Å². The van der Waals surface area contributed by atoms with Crippen LogP contribution < -0.4 is 10.1 Å². The fourth-order valence-corrected chi connectivity index (χ4v) is 1.86. The van der Waals surface area contributed by atoms with Gasteiger partial charge >= 0.3 is 6.61 Å². The molecular weight excluding hydrogens is 292 g/mol. The summed E-state index contributed by atoms with van der Waals surface area (Å²) in [5.74, 6) is 0.0920. The minimum Gasteiger partial charge on any atom is -0.434 e. The van der Waals surface area contributed by atoms with Crippen molar-refractivity contribution in [1.29, 1.82) is 0 Å². The van der Waals surface area contributed by atoms with E-state index in [2.05, 4.69) is 10.1 Å². The SMILES string of the molecule is COCC(O)CCNCc1cc(Cl)ccc1OC(F)F. The summed E-state index contributed by atoms with van der Waals surface area (Å²) in [5, 5.41) is 12.9. The third kappa shape index (κ3) is 6.47. The number of halogens is 3. The normalized spacial score (nSPS) is 12.7. The van der Waals surface area contributed by atoms with Gasteiger partial charge in [0.2, 0.25) is 0 Å². The number of aliphatic hydroxyl groups is 1. The lowest BCUT2D eigenvalue weighted by atomic mass is 10.2. The summed E-state index contributed by atoms with van der Waals surface area (Å²) in [6, 6.07) is 4.47. The van der Waals surface area contributed by atoms with Crippen molar-refractivity contribution in [1.82, 2.24) is 5.32 Å². The summed E-state index contributed by atoms with van der Waals surface area (Å²) in [5.41, 5.74) is 0.541. The van der Waals surface area contributed by atoms with Crippen molar-refractivity contribution in [3.8, 4) is 5.75 Å². The van der Waals surface area contributed by atoms with Crippen molar-refractivity contribution < 1.29 is 23.4 Å². The smallest absolute Gasteiger partial charge is 0.387 e. The van der Waals surface area contributed by atoms with Crippen molar-refractivity contribution in [2.45, 2.75) is 25.7 Å². The van der Waals surface area contributed by atoms with Crippen LogP contribution in [0.25, 0.3) is 0 Å². The van der Waals surface area contributed by atoms with Gasteiger partial charge in [0.05, 0.1) is 12.7 Å². The molecule has 0 aliphatic rings. The number of hydrogen-bond acceptors (Lipinski definition) is 4. The number of alkyl halides is 2. The van der Waals surface area contributed by atoms with Gasteiger partial charge in [0.15, 0.2) is 0 Å². The number of benzene rings is 1. The van der Waals surface area contributed by atoms with E-state index in [1.807, 2.05) is 0 Å². The van der Waals surface area contributed by atoms with Gasteiger partial charge in [-0.2, -0.15) is 8.78 Å². The van der Waals surface area contributed by atoms with Crippen molar-refractivity contribution in [3.63, 3.8) is 0 Å². The zero-order chi connectivity index (χ0) is 15.0. The van der Waals surface area contributed by atoms with Crippen LogP contribution in [0.5, 0.6) is 5.75 Å². The van der Waals surface area contributed by atoms with Crippen LogP contribution in [0.3, 0.4) is 0 Å². The van der Waals surface area contributed by atoms with Crippen LogP contribution >= 0.6 is 11.6 Å². The van der Waals surface area contributed by atoms with E-state index in [-0.39, 0.29) is 12.4 Å². The zero-order valence-corrected chi connectivity index (χ0v) is 11.9. The van der Waals surface area contributed by atoms with Gasteiger partial charge in [-0.05, 0) is 31.2 Å². The highest BCUT2D eigenvalue weighted by atomic mass is 35.5. The van der Waals surface area contributed by atoms with Gasteiger partial charge in [0.25, 0.3) is 0 Å². The Morgan fingerprint density at radius 2 is 2.15 bits per heavy atom. The van der Waals surface area contributed by atoms with E-state index in [0.29, 0.717) is 30.1 Å². The second kappa shape index (κ2) is 9.07. The van der Waals surface area contributed by atoms with Crippen molar-refractivity contribution in [3.05, 3.63) is 28.8 Å². The van der Waals surface area contributed by atoms with E-state index in [0.717, 1.165) is 0 Å². The molecule has 114 valence electrons. The maximum absolute atomic E-state index is 12.3. The summed E-state index contributed by atoms with van der Waals surface area (Å²) in [6.07, 6.45) is -0.0527. The highest BCUT2D eigenvalue weighted by molar-refractivity contribution is 6.30. The van der Waals surface area contributed by atoms with Crippen LogP contribution in [-0.2, 0) is 11.3 Å². The van der Waals surface area contributed by atoms with Crippen molar-refractivity contribution >= 4 is 11.6 Å². The Hall–Kier alpha value is -0.950. The molecule has 0 saturated carbocycles. The topological polar surface area (TPSA) is 50.7 Å². The highest BCUT2D eigenvalue weighted by Gasteiger charge is 2.10. The second-order valence-corrected chi connectivity index (χ2v) is 4.64. The van der Waals surface area contributed by atoms with Crippen LogP contribution in [0.4, 0.5) is 8.78 Å². The lowest BCUT2D eigenvalue weighted by molar-refractivity contribution is -0.0504. The first kappa shape index (κ1) is 17.1. The van der Waals surface area contributed by atoms with Gasteiger partial charge in [-0.1, -0.05) is 11.6 Å². The van der Waals surface area contributed by atoms with Gasteiger partial charge in [-0.15, -0.1) is 0 Å². The van der Waals surface area contributed by atoms with E-state index < -0.39 is 12.7 Å². The first-order chi connectivity index (χ1) is 9.52. The zero-order valence-electron chi connectivity index (χ0n) is 11.1. The van der Waals surface area contributed by atoms with Gasteiger partial charge in [0.1, 0.15) is 5.75 Å². The Bertz CT molecular complexity index is 407. The lowest BCUT2D eigenvalue weighted by Crippen LogP contribution is -2.23. The molecule has 0 aliphatic heterocycles. The first-order valence-electron chi connectivity index (χ1n) is 6.14. The van der Waals surface area contributed by atoms with Crippen molar-refractivity contribution in [2.75, 3.05) is 20.3 Å². The van der Waals surface area contributed by atoms with Crippen LogP contribution in [-0.4, -0.2) is 38.1 Å². The highest BCUT2D eigenvalue weighted by Crippen LogP contribution is 2.24. The van der Waals surface area contributed by atoms with E-state index in [9.17, 15) is 13.9 Å². The van der Waals surface area contributed by atoms with Gasteiger partial charge in [0, 0.05) is 24.2 Å². The van der Waals surface area contributed by atoms with Gasteiger partial charge in [-0.25, -0.2) is 0 Å². The summed E-state index contributed by atoms with van der Waals surface area (Å²) in [4.78, 5) is 0. The average molecular weight is 310 g/mol. The monoisotopic (exact) mass is 309 g/mol. The second-order valence-electron chi connectivity index (χ2n) is 4.21. The van der Waals surface area contributed by atoms with Gasteiger partial charge in [-0.3, -0.25) is 0 Å². The Labute approximate surface area is 121 Å². The first-order valence-corrected chi connectivity index (χ1v) is 6.51.